The molecule has 1 unspecified atom stereocenters. The number of hydrogen-bond donors (Lipinski definition) is 1. The van der Waals surface area contributed by atoms with Gasteiger partial charge in [0, 0.05) is 13.1 Å². The van der Waals surface area contributed by atoms with Crippen LogP contribution < -0.4 is 4.72 Å². The Kier molecular flexibility index (Phi) is 4.35. The van der Waals surface area contributed by atoms with Crippen molar-refractivity contribution in [2.45, 2.75) is 31.7 Å². The third-order valence-corrected chi connectivity index (χ3v) is 5.28. The summed E-state index contributed by atoms with van der Waals surface area (Å²) in [7, 11) is -2.17. The molecule has 1 heterocycles. The average Bonchev–Trinajstić information content (AvgIpc) is 2.66. The van der Waals surface area contributed by atoms with Gasteiger partial charge in [-0.2, -0.15) is 5.10 Å². The summed E-state index contributed by atoms with van der Waals surface area (Å²) in [6.45, 7) is 4.81. The molecule has 0 aliphatic heterocycles. The van der Waals surface area contributed by atoms with Crippen LogP contribution >= 0.6 is 0 Å². The summed E-state index contributed by atoms with van der Waals surface area (Å²) in [6.07, 6.45) is 0. The summed E-state index contributed by atoms with van der Waals surface area (Å²) in [4.78, 5) is 0.101. The largest absolute Gasteiger partial charge is 0.271 e. The Morgan fingerprint density at radius 1 is 1.23 bits per heavy atom. The zero-order valence-electron chi connectivity index (χ0n) is 12.7. The highest BCUT2D eigenvalue weighted by Crippen LogP contribution is 2.22. The normalized spacial score (nSPS) is 13.4. The first-order valence-corrected chi connectivity index (χ1v) is 8.09. The molecule has 1 atom stereocenters. The molecule has 2 aromatic rings. The monoisotopic (exact) mass is 329 g/mol. The predicted octanol–water partition coefficient (Wildman–Crippen LogP) is 2.35. The molecule has 0 fully saturated rings. The lowest BCUT2D eigenvalue weighted by molar-refractivity contribution is 0.504. The third-order valence-electron chi connectivity index (χ3n) is 3.49. The average molecular weight is 329 g/mol. The van der Waals surface area contributed by atoms with E-state index in [0.717, 1.165) is 12.1 Å². The predicted molar refractivity (Wildman–Crippen MR) is 77.8 cm³/mol. The molecule has 120 valence electrons. The first-order chi connectivity index (χ1) is 10.1. The Hall–Kier alpha value is -1.80. The van der Waals surface area contributed by atoms with Gasteiger partial charge >= 0.3 is 0 Å². The van der Waals surface area contributed by atoms with Gasteiger partial charge in [0.25, 0.3) is 0 Å². The SMILES string of the molecule is Cc1nn(C)c(C)c1S(=O)(=O)NC(C)c1ccc(F)c(F)c1. The van der Waals surface area contributed by atoms with Crippen molar-refractivity contribution < 1.29 is 17.2 Å². The van der Waals surface area contributed by atoms with Gasteiger partial charge in [0.15, 0.2) is 11.6 Å². The van der Waals surface area contributed by atoms with Gasteiger partial charge in [0.2, 0.25) is 10.0 Å². The van der Waals surface area contributed by atoms with Crippen LogP contribution in [0.15, 0.2) is 23.1 Å². The molecule has 0 saturated carbocycles. The topological polar surface area (TPSA) is 64.0 Å². The summed E-state index contributed by atoms with van der Waals surface area (Å²) in [5.41, 5.74) is 1.22. The van der Waals surface area contributed by atoms with Crippen LogP contribution in [0, 0.1) is 25.5 Å². The molecule has 1 aromatic heterocycles. The smallest absolute Gasteiger partial charge is 0.244 e. The number of sulfonamides is 1. The minimum Gasteiger partial charge on any atom is -0.271 e. The maximum absolute atomic E-state index is 13.3. The zero-order valence-corrected chi connectivity index (χ0v) is 13.5. The van der Waals surface area contributed by atoms with Gasteiger partial charge in [0.05, 0.1) is 11.4 Å². The second kappa shape index (κ2) is 5.77. The molecule has 2 rings (SSSR count). The molecule has 1 N–H and O–H groups in total. The van der Waals surface area contributed by atoms with E-state index in [9.17, 15) is 17.2 Å². The fourth-order valence-corrected chi connectivity index (χ4v) is 3.95. The first-order valence-electron chi connectivity index (χ1n) is 6.61. The van der Waals surface area contributed by atoms with E-state index < -0.39 is 27.7 Å². The molecule has 0 aliphatic carbocycles. The molecule has 0 radical (unpaired) electrons. The van der Waals surface area contributed by atoms with Gasteiger partial charge in [-0.3, -0.25) is 4.68 Å². The standard InChI is InChI=1S/C14H17F2N3O2S/c1-8(11-5-6-12(15)13(16)7-11)18-22(20,21)14-9(2)17-19(4)10(14)3/h5-8,18H,1-4H3. The van der Waals surface area contributed by atoms with Crippen molar-refractivity contribution in [3.63, 3.8) is 0 Å². The molecule has 0 spiro atoms. The van der Waals surface area contributed by atoms with Gasteiger partial charge in [-0.1, -0.05) is 6.07 Å². The molecule has 0 bridgehead atoms. The zero-order chi connectivity index (χ0) is 16.7. The van der Waals surface area contributed by atoms with Crippen LogP contribution in [-0.2, 0) is 17.1 Å². The van der Waals surface area contributed by atoms with Crippen molar-refractivity contribution in [2.24, 2.45) is 7.05 Å². The van der Waals surface area contributed by atoms with E-state index in [2.05, 4.69) is 9.82 Å². The summed E-state index contributed by atoms with van der Waals surface area (Å²) in [5, 5.41) is 4.07. The fourth-order valence-electron chi connectivity index (χ4n) is 2.28. The maximum Gasteiger partial charge on any atom is 0.244 e. The van der Waals surface area contributed by atoms with Gasteiger partial charge in [-0.15, -0.1) is 0 Å². The van der Waals surface area contributed by atoms with Crippen LogP contribution in [0.1, 0.15) is 29.9 Å². The molecule has 0 saturated heterocycles. The van der Waals surface area contributed by atoms with Crippen molar-refractivity contribution in [2.75, 3.05) is 0 Å². The van der Waals surface area contributed by atoms with Crippen LogP contribution in [0.25, 0.3) is 0 Å². The Morgan fingerprint density at radius 3 is 2.36 bits per heavy atom. The minimum absolute atomic E-state index is 0.101. The van der Waals surface area contributed by atoms with E-state index in [-0.39, 0.29) is 4.90 Å². The van der Waals surface area contributed by atoms with Gasteiger partial charge in [-0.05, 0) is 38.5 Å². The van der Waals surface area contributed by atoms with E-state index in [0.29, 0.717) is 17.0 Å². The Morgan fingerprint density at radius 2 is 1.86 bits per heavy atom. The number of aryl methyl sites for hydroxylation is 2. The van der Waals surface area contributed by atoms with Crippen LogP contribution in [0.4, 0.5) is 8.78 Å². The molecule has 8 heteroatoms. The molecule has 1 aromatic carbocycles. The molecular weight excluding hydrogens is 312 g/mol. The first kappa shape index (κ1) is 16.6. The molecule has 5 nitrogen and oxygen atoms in total. The van der Waals surface area contributed by atoms with E-state index in [1.54, 1.807) is 27.8 Å². The van der Waals surface area contributed by atoms with Gasteiger partial charge < -0.3 is 0 Å². The molecule has 22 heavy (non-hydrogen) atoms. The number of halogens is 2. The van der Waals surface area contributed by atoms with Crippen LogP contribution in [0.3, 0.4) is 0 Å². The second-order valence-electron chi connectivity index (χ2n) is 5.14. The minimum atomic E-state index is -3.82. The second-order valence-corrected chi connectivity index (χ2v) is 6.79. The van der Waals surface area contributed by atoms with Crippen molar-refractivity contribution in [1.29, 1.82) is 0 Å². The number of nitrogens with one attached hydrogen (secondary N) is 1. The lowest BCUT2D eigenvalue weighted by Crippen LogP contribution is -2.28. The molecular formula is C14H17F2N3O2S. The number of aromatic nitrogens is 2. The highest BCUT2D eigenvalue weighted by atomic mass is 32.2. The molecule has 0 amide bonds. The Labute approximate surface area is 128 Å². The number of hydrogen-bond acceptors (Lipinski definition) is 3. The third kappa shape index (κ3) is 3.02. The number of nitrogens with zero attached hydrogens (tertiary/aromatic N) is 2. The maximum atomic E-state index is 13.3. The van der Waals surface area contributed by atoms with Crippen molar-refractivity contribution >= 4 is 10.0 Å². The summed E-state index contributed by atoms with van der Waals surface area (Å²) < 4.78 is 55.1. The van der Waals surface area contributed by atoms with Crippen molar-refractivity contribution in [3.8, 4) is 0 Å². The number of rotatable bonds is 4. The van der Waals surface area contributed by atoms with Crippen LogP contribution in [-0.4, -0.2) is 18.2 Å². The molecule has 0 aliphatic rings. The quantitative estimate of drug-likeness (QED) is 0.936. The van der Waals surface area contributed by atoms with E-state index >= 15 is 0 Å². The van der Waals surface area contributed by atoms with Crippen molar-refractivity contribution in [1.82, 2.24) is 14.5 Å². The Balaban J connectivity index is 2.33. The van der Waals surface area contributed by atoms with Gasteiger partial charge in [0.1, 0.15) is 4.90 Å². The van der Waals surface area contributed by atoms with Crippen LogP contribution in [0.2, 0.25) is 0 Å². The van der Waals surface area contributed by atoms with E-state index in [1.807, 2.05) is 0 Å². The summed E-state index contributed by atoms with van der Waals surface area (Å²) >= 11 is 0. The van der Waals surface area contributed by atoms with E-state index in [1.165, 1.54) is 10.7 Å². The lowest BCUT2D eigenvalue weighted by Gasteiger charge is -2.15. The summed E-state index contributed by atoms with van der Waals surface area (Å²) in [5.74, 6) is -1.99. The highest BCUT2D eigenvalue weighted by Gasteiger charge is 2.26. The highest BCUT2D eigenvalue weighted by molar-refractivity contribution is 7.89. The van der Waals surface area contributed by atoms with Crippen molar-refractivity contribution in [3.05, 3.63) is 46.8 Å². The van der Waals surface area contributed by atoms with E-state index in [4.69, 9.17) is 0 Å². The van der Waals surface area contributed by atoms with Crippen LogP contribution in [0.5, 0.6) is 0 Å². The Bertz CT molecular complexity index is 816. The summed E-state index contributed by atoms with van der Waals surface area (Å²) in [6, 6.07) is 2.58. The number of benzene rings is 1. The van der Waals surface area contributed by atoms with Gasteiger partial charge in [-0.25, -0.2) is 21.9 Å². The fraction of sp³-hybridized carbons (Fsp3) is 0.357. The lowest BCUT2D eigenvalue weighted by atomic mass is 10.1.